The van der Waals surface area contributed by atoms with Crippen molar-refractivity contribution < 1.29 is 19.7 Å². The van der Waals surface area contributed by atoms with E-state index in [1.165, 1.54) is 7.11 Å². The van der Waals surface area contributed by atoms with Crippen LogP contribution < -0.4 is 0 Å². The minimum Gasteiger partial charge on any atom is -0.387 e. The van der Waals surface area contributed by atoms with Gasteiger partial charge in [0.25, 0.3) is 0 Å². The minimum absolute atomic E-state index is 0.423. The number of ether oxygens (including phenoxy) is 2. The normalized spacial score (nSPS) is 50.8. The first-order valence-corrected chi connectivity index (χ1v) is 4.73. The van der Waals surface area contributed by atoms with Crippen molar-refractivity contribution in [2.75, 3.05) is 7.11 Å². The lowest BCUT2D eigenvalue weighted by Gasteiger charge is -2.52. The third-order valence-corrected chi connectivity index (χ3v) is 3.43. The second kappa shape index (κ2) is 3.45. The third kappa shape index (κ3) is 1.37. The largest absolute Gasteiger partial charge is 0.387 e. The molecule has 4 heteroatoms. The number of rotatable bonds is 1. The van der Waals surface area contributed by atoms with Crippen LogP contribution in [0.2, 0.25) is 0 Å². The lowest BCUT2D eigenvalue weighted by atomic mass is 9.74. The molecule has 14 heavy (non-hydrogen) atoms. The van der Waals surface area contributed by atoms with Crippen LogP contribution in [0.3, 0.4) is 0 Å². The Hall–Kier alpha value is -0.160. The maximum absolute atomic E-state index is 10.2. The van der Waals surface area contributed by atoms with E-state index in [0.717, 1.165) is 0 Å². The fraction of sp³-hybridized carbons (Fsp3) is 0.900. The molecule has 1 rings (SSSR count). The molecule has 0 unspecified atom stereocenters. The van der Waals surface area contributed by atoms with Gasteiger partial charge in [0.05, 0.1) is 6.10 Å². The molecule has 0 aromatic carbocycles. The zero-order valence-electron chi connectivity index (χ0n) is 9.37. The highest BCUT2D eigenvalue weighted by molar-refractivity contribution is 5.16. The molecule has 2 N–H and O–H groups in total. The fourth-order valence-electron chi connectivity index (χ4n) is 1.90. The van der Waals surface area contributed by atoms with Crippen molar-refractivity contribution in [1.29, 1.82) is 0 Å². The Kier molecular flexibility index (Phi) is 2.94. The Morgan fingerprint density at radius 2 is 1.93 bits per heavy atom. The van der Waals surface area contributed by atoms with Gasteiger partial charge in [0.1, 0.15) is 23.4 Å². The minimum atomic E-state index is -1.34. The van der Waals surface area contributed by atoms with E-state index in [0.29, 0.717) is 6.10 Å². The zero-order chi connectivity index (χ0) is 11.1. The van der Waals surface area contributed by atoms with Crippen molar-refractivity contribution >= 4 is 0 Å². The van der Waals surface area contributed by atoms with Crippen LogP contribution in [0.5, 0.6) is 0 Å². The Bertz CT molecular complexity index is 216. The standard InChI is InChI=1S/C10H19O4/c1-6-8(11)9(3,12)10(4,13-5)7(2)14-6/h6,8,11-12H,1-5H3/t6-,8+,9+,10+/m1/s1. The highest BCUT2D eigenvalue weighted by Gasteiger charge is 2.58. The number of aliphatic hydroxyl groups is 2. The summed E-state index contributed by atoms with van der Waals surface area (Å²) >= 11 is 0. The summed E-state index contributed by atoms with van der Waals surface area (Å²) in [6.45, 7) is 6.74. The average molecular weight is 203 g/mol. The van der Waals surface area contributed by atoms with Crippen molar-refractivity contribution in [1.82, 2.24) is 0 Å². The monoisotopic (exact) mass is 203 g/mol. The van der Waals surface area contributed by atoms with Crippen molar-refractivity contribution in [3.63, 3.8) is 0 Å². The summed E-state index contributed by atoms with van der Waals surface area (Å²) < 4.78 is 10.7. The second-order valence-electron chi connectivity index (χ2n) is 4.21. The lowest BCUT2D eigenvalue weighted by molar-refractivity contribution is -0.272. The van der Waals surface area contributed by atoms with Gasteiger partial charge in [0, 0.05) is 7.11 Å². The number of hydrogen-bond donors (Lipinski definition) is 2. The van der Waals surface area contributed by atoms with E-state index in [1.54, 1.807) is 27.7 Å². The molecule has 0 amide bonds. The van der Waals surface area contributed by atoms with Gasteiger partial charge in [-0.05, 0) is 27.7 Å². The molecule has 1 radical (unpaired) electrons. The van der Waals surface area contributed by atoms with Gasteiger partial charge < -0.3 is 19.7 Å². The van der Waals surface area contributed by atoms with Gasteiger partial charge in [-0.25, -0.2) is 0 Å². The summed E-state index contributed by atoms with van der Waals surface area (Å²) in [5.74, 6) is 0. The second-order valence-corrected chi connectivity index (χ2v) is 4.21. The van der Waals surface area contributed by atoms with E-state index in [2.05, 4.69) is 0 Å². The van der Waals surface area contributed by atoms with Crippen LogP contribution in [0.1, 0.15) is 27.7 Å². The smallest absolute Gasteiger partial charge is 0.129 e. The molecule has 1 aliphatic heterocycles. The molecular weight excluding hydrogens is 184 g/mol. The van der Waals surface area contributed by atoms with E-state index in [-0.39, 0.29) is 0 Å². The molecule has 1 heterocycles. The molecule has 4 nitrogen and oxygen atoms in total. The van der Waals surface area contributed by atoms with Gasteiger partial charge in [-0.3, -0.25) is 0 Å². The van der Waals surface area contributed by atoms with E-state index in [9.17, 15) is 10.2 Å². The van der Waals surface area contributed by atoms with E-state index >= 15 is 0 Å². The van der Waals surface area contributed by atoms with Crippen LogP contribution in [-0.4, -0.2) is 40.7 Å². The van der Waals surface area contributed by atoms with Gasteiger partial charge in [-0.1, -0.05) is 0 Å². The van der Waals surface area contributed by atoms with Crippen LogP contribution in [0, 0.1) is 6.10 Å². The molecule has 0 bridgehead atoms. The Balaban J connectivity index is 3.05. The quantitative estimate of drug-likeness (QED) is 0.650. The Morgan fingerprint density at radius 1 is 1.43 bits per heavy atom. The molecule has 0 aromatic rings. The van der Waals surface area contributed by atoms with Crippen LogP contribution in [0.4, 0.5) is 0 Å². The summed E-state index contributed by atoms with van der Waals surface area (Å²) in [4.78, 5) is 0. The van der Waals surface area contributed by atoms with E-state index in [1.807, 2.05) is 0 Å². The average Bonchev–Trinajstić information content (AvgIpc) is 2.12. The number of aliphatic hydroxyl groups excluding tert-OH is 1. The molecule has 1 fully saturated rings. The maximum Gasteiger partial charge on any atom is 0.129 e. The topological polar surface area (TPSA) is 58.9 Å². The Labute approximate surface area is 84.8 Å². The van der Waals surface area contributed by atoms with Crippen molar-refractivity contribution in [2.24, 2.45) is 0 Å². The highest BCUT2D eigenvalue weighted by atomic mass is 16.6. The van der Waals surface area contributed by atoms with Crippen molar-refractivity contribution in [3.8, 4) is 0 Å². The number of methoxy groups -OCH3 is 1. The number of hydrogen-bond acceptors (Lipinski definition) is 4. The molecule has 83 valence electrons. The Morgan fingerprint density at radius 3 is 2.36 bits per heavy atom. The molecule has 1 aliphatic rings. The summed E-state index contributed by atoms with van der Waals surface area (Å²) in [5.41, 5.74) is -2.32. The lowest BCUT2D eigenvalue weighted by Crippen LogP contribution is -2.68. The van der Waals surface area contributed by atoms with Gasteiger partial charge in [0.15, 0.2) is 0 Å². The maximum atomic E-state index is 10.2. The van der Waals surface area contributed by atoms with Crippen LogP contribution in [-0.2, 0) is 9.47 Å². The summed E-state index contributed by atoms with van der Waals surface area (Å²) in [6, 6.07) is 0. The summed E-state index contributed by atoms with van der Waals surface area (Å²) in [7, 11) is 1.49. The van der Waals surface area contributed by atoms with Gasteiger partial charge in [-0.15, -0.1) is 0 Å². The van der Waals surface area contributed by atoms with Crippen molar-refractivity contribution in [3.05, 3.63) is 6.10 Å². The molecule has 0 saturated carbocycles. The summed E-state index contributed by atoms with van der Waals surface area (Å²) in [5, 5.41) is 20.0. The van der Waals surface area contributed by atoms with E-state index in [4.69, 9.17) is 9.47 Å². The van der Waals surface area contributed by atoms with Gasteiger partial charge in [0.2, 0.25) is 0 Å². The highest BCUT2D eigenvalue weighted by Crippen LogP contribution is 2.43. The molecule has 1 saturated heterocycles. The molecule has 4 atom stereocenters. The first-order chi connectivity index (χ1) is 6.27. The molecular formula is C10H19O4. The SMILES string of the molecule is CO[C@@]1(C)[C](C)O[C@H](C)[C@H](O)[C@]1(C)O. The van der Waals surface area contributed by atoms with Gasteiger partial charge in [-0.2, -0.15) is 0 Å². The van der Waals surface area contributed by atoms with Crippen molar-refractivity contribution in [2.45, 2.75) is 51.1 Å². The van der Waals surface area contributed by atoms with Gasteiger partial charge >= 0.3 is 0 Å². The molecule has 0 aliphatic carbocycles. The molecule has 0 aromatic heterocycles. The fourth-order valence-corrected chi connectivity index (χ4v) is 1.90. The summed E-state index contributed by atoms with van der Waals surface area (Å²) in [6.07, 6.45) is -0.799. The van der Waals surface area contributed by atoms with Crippen LogP contribution in [0.15, 0.2) is 0 Å². The predicted octanol–water partition coefficient (Wildman–Crippen LogP) is 0.474. The van der Waals surface area contributed by atoms with Crippen LogP contribution in [0.25, 0.3) is 0 Å². The third-order valence-electron chi connectivity index (χ3n) is 3.43. The van der Waals surface area contributed by atoms with E-state index < -0.39 is 23.4 Å². The first-order valence-electron chi connectivity index (χ1n) is 4.73. The first kappa shape index (κ1) is 11.9. The zero-order valence-corrected chi connectivity index (χ0v) is 9.37. The molecule has 0 spiro atoms. The van der Waals surface area contributed by atoms with Crippen LogP contribution >= 0.6 is 0 Å². The predicted molar refractivity (Wildman–Crippen MR) is 51.5 cm³/mol.